The molecule has 0 radical (unpaired) electrons. The second-order valence-electron chi connectivity index (χ2n) is 3.48. The van der Waals surface area contributed by atoms with Gasteiger partial charge in [-0.2, -0.15) is 0 Å². The molecule has 0 aromatic carbocycles. The summed E-state index contributed by atoms with van der Waals surface area (Å²) in [6.07, 6.45) is 3.39. The quantitative estimate of drug-likeness (QED) is 0.834. The Morgan fingerprint density at radius 2 is 2.40 bits per heavy atom. The van der Waals surface area contributed by atoms with E-state index in [1.165, 1.54) is 0 Å². The van der Waals surface area contributed by atoms with E-state index in [1.807, 2.05) is 26.0 Å². The van der Waals surface area contributed by atoms with Crippen LogP contribution in [0.4, 0.5) is 0 Å². The van der Waals surface area contributed by atoms with Crippen LogP contribution >= 0.6 is 0 Å². The van der Waals surface area contributed by atoms with Gasteiger partial charge in [-0.15, -0.1) is 0 Å². The highest BCUT2D eigenvalue weighted by atomic mass is 16.4. The average molecular weight is 206 g/mol. The molecule has 1 unspecified atom stereocenters. The van der Waals surface area contributed by atoms with Gasteiger partial charge in [0.05, 0.1) is 25.0 Å². The molecule has 0 amide bonds. The summed E-state index contributed by atoms with van der Waals surface area (Å²) in [4.78, 5) is 4.11. The summed E-state index contributed by atoms with van der Waals surface area (Å²) in [6, 6.07) is 3.98. The SMILES string of the molecule is Cc1cnc(CNC(C)c2ccco2)o1. The molecular formula is C11H14N2O2. The molecule has 0 saturated carbocycles. The summed E-state index contributed by atoms with van der Waals surface area (Å²) in [5, 5.41) is 3.26. The Balaban J connectivity index is 1.88. The molecule has 1 N–H and O–H groups in total. The summed E-state index contributed by atoms with van der Waals surface area (Å²) < 4.78 is 10.6. The smallest absolute Gasteiger partial charge is 0.208 e. The molecule has 0 bridgehead atoms. The first-order chi connectivity index (χ1) is 7.25. The fourth-order valence-corrected chi connectivity index (χ4v) is 1.36. The Kier molecular flexibility index (Phi) is 2.87. The van der Waals surface area contributed by atoms with E-state index in [0.29, 0.717) is 12.4 Å². The van der Waals surface area contributed by atoms with Crippen LogP contribution in [0, 0.1) is 6.92 Å². The van der Waals surface area contributed by atoms with Crippen molar-refractivity contribution in [1.29, 1.82) is 0 Å². The molecule has 0 aliphatic carbocycles. The fourth-order valence-electron chi connectivity index (χ4n) is 1.36. The third-order valence-corrected chi connectivity index (χ3v) is 2.20. The van der Waals surface area contributed by atoms with Gasteiger partial charge in [0.1, 0.15) is 11.5 Å². The van der Waals surface area contributed by atoms with Gasteiger partial charge in [-0.3, -0.25) is 5.32 Å². The van der Waals surface area contributed by atoms with E-state index in [0.717, 1.165) is 11.5 Å². The lowest BCUT2D eigenvalue weighted by molar-refractivity contribution is 0.395. The van der Waals surface area contributed by atoms with Gasteiger partial charge in [0.2, 0.25) is 5.89 Å². The van der Waals surface area contributed by atoms with Crippen LogP contribution in [0.25, 0.3) is 0 Å². The van der Waals surface area contributed by atoms with E-state index in [-0.39, 0.29) is 6.04 Å². The molecule has 2 aromatic heterocycles. The standard InChI is InChI=1S/C11H14N2O2/c1-8-6-13-11(15-8)7-12-9(2)10-4-3-5-14-10/h3-6,9,12H,7H2,1-2H3. The zero-order valence-corrected chi connectivity index (χ0v) is 8.86. The van der Waals surface area contributed by atoms with E-state index < -0.39 is 0 Å². The van der Waals surface area contributed by atoms with Gasteiger partial charge in [0.15, 0.2) is 0 Å². The average Bonchev–Trinajstić information content (AvgIpc) is 2.84. The van der Waals surface area contributed by atoms with Gasteiger partial charge in [0.25, 0.3) is 0 Å². The molecule has 0 saturated heterocycles. The van der Waals surface area contributed by atoms with Crippen LogP contribution in [0.1, 0.15) is 30.4 Å². The van der Waals surface area contributed by atoms with Crippen molar-refractivity contribution in [3.05, 3.63) is 42.0 Å². The van der Waals surface area contributed by atoms with Gasteiger partial charge in [0, 0.05) is 0 Å². The number of hydrogen-bond donors (Lipinski definition) is 1. The third kappa shape index (κ3) is 2.47. The number of aromatic nitrogens is 1. The van der Waals surface area contributed by atoms with Crippen molar-refractivity contribution in [2.24, 2.45) is 0 Å². The van der Waals surface area contributed by atoms with Crippen LogP contribution in [0.5, 0.6) is 0 Å². The van der Waals surface area contributed by atoms with E-state index in [1.54, 1.807) is 12.5 Å². The predicted octanol–water partition coefficient (Wildman–Crippen LogP) is 2.43. The van der Waals surface area contributed by atoms with Gasteiger partial charge < -0.3 is 8.83 Å². The van der Waals surface area contributed by atoms with Crippen LogP contribution in [-0.2, 0) is 6.54 Å². The zero-order valence-electron chi connectivity index (χ0n) is 8.86. The van der Waals surface area contributed by atoms with Gasteiger partial charge >= 0.3 is 0 Å². The molecule has 2 aromatic rings. The Morgan fingerprint density at radius 3 is 3.00 bits per heavy atom. The highest BCUT2D eigenvalue weighted by Gasteiger charge is 2.08. The second-order valence-corrected chi connectivity index (χ2v) is 3.48. The van der Waals surface area contributed by atoms with Crippen molar-refractivity contribution in [1.82, 2.24) is 10.3 Å². The van der Waals surface area contributed by atoms with Crippen molar-refractivity contribution in [2.75, 3.05) is 0 Å². The summed E-state index contributed by atoms with van der Waals surface area (Å²) in [5.74, 6) is 2.45. The highest BCUT2D eigenvalue weighted by Crippen LogP contribution is 2.13. The largest absolute Gasteiger partial charge is 0.468 e. The Bertz CT molecular complexity index is 406. The minimum absolute atomic E-state index is 0.159. The molecule has 0 aliphatic rings. The normalized spacial score (nSPS) is 12.9. The number of nitrogens with one attached hydrogen (secondary N) is 1. The van der Waals surface area contributed by atoms with Gasteiger partial charge in [-0.1, -0.05) is 0 Å². The molecule has 2 rings (SSSR count). The van der Waals surface area contributed by atoms with Crippen LogP contribution < -0.4 is 5.32 Å². The molecule has 0 fully saturated rings. The molecule has 0 aliphatic heterocycles. The molecule has 15 heavy (non-hydrogen) atoms. The zero-order chi connectivity index (χ0) is 10.7. The van der Waals surface area contributed by atoms with Crippen LogP contribution in [0.3, 0.4) is 0 Å². The molecule has 4 heteroatoms. The lowest BCUT2D eigenvalue weighted by Gasteiger charge is -2.08. The van der Waals surface area contributed by atoms with E-state index in [2.05, 4.69) is 10.3 Å². The first-order valence-corrected chi connectivity index (χ1v) is 4.94. The number of rotatable bonds is 4. The van der Waals surface area contributed by atoms with E-state index in [9.17, 15) is 0 Å². The van der Waals surface area contributed by atoms with Gasteiger partial charge in [-0.25, -0.2) is 4.98 Å². The van der Waals surface area contributed by atoms with E-state index >= 15 is 0 Å². The van der Waals surface area contributed by atoms with Crippen LogP contribution in [0.2, 0.25) is 0 Å². The molecular weight excluding hydrogens is 192 g/mol. The maximum Gasteiger partial charge on any atom is 0.208 e. The lowest BCUT2D eigenvalue weighted by atomic mass is 10.2. The van der Waals surface area contributed by atoms with Crippen LogP contribution in [0.15, 0.2) is 33.4 Å². The van der Waals surface area contributed by atoms with Crippen molar-refractivity contribution in [3.8, 4) is 0 Å². The van der Waals surface area contributed by atoms with Crippen LogP contribution in [-0.4, -0.2) is 4.98 Å². The Labute approximate surface area is 88.3 Å². The Hall–Kier alpha value is -1.55. The molecule has 2 heterocycles. The summed E-state index contributed by atoms with van der Waals surface area (Å²) in [5.41, 5.74) is 0. The summed E-state index contributed by atoms with van der Waals surface area (Å²) in [6.45, 7) is 4.52. The monoisotopic (exact) mass is 206 g/mol. The minimum atomic E-state index is 0.159. The number of furan rings is 1. The number of hydrogen-bond acceptors (Lipinski definition) is 4. The Morgan fingerprint density at radius 1 is 1.53 bits per heavy atom. The van der Waals surface area contributed by atoms with Crippen molar-refractivity contribution in [3.63, 3.8) is 0 Å². The number of nitrogens with zero attached hydrogens (tertiary/aromatic N) is 1. The van der Waals surface area contributed by atoms with E-state index in [4.69, 9.17) is 8.83 Å². The van der Waals surface area contributed by atoms with Crippen molar-refractivity contribution >= 4 is 0 Å². The topological polar surface area (TPSA) is 51.2 Å². The first kappa shape index (κ1) is 9.98. The van der Waals surface area contributed by atoms with Crippen molar-refractivity contribution < 1.29 is 8.83 Å². The number of aryl methyl sites for hydroxylation is 1. The molecule has 80 valence electrons. The highest BCUT2D eigenvalue weighted by molar-refractivity contribution is 5.03. The maximum atomic E-state index is 5.35. The lowest BCUT2D eigenvalue weighted by Crippen LogP contribution is -2.17. The second kappa shape index (κ2) is 4.31. The van der Waals surface area contributed by atoms with Gasteiger partial charge in [-0.05, 0) is 26.0 Å². The predicted molar refractivity (Wildman–Crippen MR) is 55.2 cm³/mol. The molecule has 4 nitrogen and oxygen atoms in total. The van der Waals surface area contributed by atoms with Crippen molar-refractivity contribution in [2.45, 2.75) is 26.4 Å². The molecule has 0 spiro atoms. The maximum absolute atomic E-state index is 5.35. The fraction of sp³-hybridized carbons (Fsp3) is 0.364. The summed E-state index contributed by atoms with van der Waals surface area (Å²) >= 11 is 0. The third-order valence-electron chi connectivity index (χ3n) is 2.20. The summed E-state index contributed by atoms with van der Waals surface area (Å²) in [7, 11) is 0. The first-order valence-electron chi connectivity index (χ1n) is 4.94. The number of oxazole rings is 1. The molecule has 1 atom stereocenters. The minimum Gasteiger partial charge on any atom is -0.468 e.